The minimum absolute atomic E-state index is 0.117. The number of nitrogens with one attached hydrogen (secondary N) is 1. The van der Waals surface area contributed by atoms with E-state index in [2.05, 4.69) is 15.2 Å². The minimum Gasteiger partial charge on any atom is -0.486 e. The largest absolute Gasteiger partial charge is 0.486 e. The van der Waals surface area contributed by atoms with Gasteiger partial charge in [-0.3, -0.25) is 4.79 Å². The molecule has 2 aromatic heterocycles. The third-order valence-corrected chi connectivity index (χ3v) is 5.52. The molecule has 0 radical (unpaired) electrons. The number of anilines is 2. The van der Waals surface area contributed by atoms with E-state index in [9.17, 15) is 4.79 Å². The van der Waals surface area contributed by atoms with Gasteiger partial charge in [0, 0.05) is 19.3 Å². The van der Waals surface area contributed by atoms with Gasteiger partial charge in [0.05, 0.1) is 29.9 Å². The van der Waals surface area contributed by atoms with Crippen LogP contribution in [0.25, 0.3) is 11.0 Å². The lowest BCUT2D eigenvalue weighted by atomic mass is 10.3. The molecule has 8 heteroatoms. The number of rotatable bonds is 7. The summed E-state index contributed by atoms with van der Waals surface area (Å²) in [4.78, 5) is 24.4. The van der Waals surface area contributed by atoms with E-state index in [1.54, 1.807) is 6.20 Å². The van der Waals surface area contributed by atoms with Gasteiger partial charge in [-0.25, -0.2) is 9.97 Å². The van der Waals surface area contributed by atoms with Gasteiger partial charge in [0.25, 0.3) is 0 Å². The Morgan fingerprint density at radius 2 is 1.79 bits per heavy atom. The van der Waals surface area contributed by atoms with Crippen molar-refractivity contribution in [3.05, 3.63) is 78.8 Å². The zero-order chi connectivity index (χ0) is 22.5. The molecule has 0 unspecified atom stereocenters. The summed E-state index contributed by atoms with van der Waals surface area (Å²) < 4.78 is 13.3. The van der Waals surface area contributed by atoms with Gasteiger partial charge in [0.2, 0.25) is 5.91 Å². The Morgan fingerprint density at radius 1 is 1.00 bits per heavy atom. The van der Waals surface area contributed by atoms with Gasteiger partial charge in [-0.2, -0.15) is 0 Å². The minimum atomic E-state index is -0.151. The first-order chi connectivity index (χ1) is 16.3. The molecule has 4 aromatic rings. The van der Waals surface area contributed by atoms with E-state index in [1.165, 1.54) is 0 Å². The second-order valence-electron chi connectivity index (χ2n) is 7.73. The molecule has 3 heterocycles. The second-order valence-corrected chi connectivity index (χ2v) is 7.73. The lowest BCUT2D eigenvalue weighted by Crippen LogP contribution is -2.37. The number of fused-ring (bicyclic) bond motifs is 1. The van der Waals surface area contributed by atoms with Crippen LogP contribution in [0.3, 0.4) is 0 Å². The monoisotopic (exact) mass is 443 g/mol. The predicted molar refractivity (Wildman–Crippen MR) is 126 cm³/mol. The lowest BCUT2D eigenvalue weighted by molar-refractivity contribution is -0.116. The Kier molecular flexibility index (Phi) is 6.16. The molecule has 0 atom stereocenters. The summed E-state index contributed by atoms with van der Waals surface area (Å²) in [7, 11) is 0. The average Bonchev–Trinajstić information content (AvgIpc) is 3.21. The van der Waals surface area contributed by atoms with Crippen molar-refractivity contribution in [3.63, 3.8) is 0 Å². The van der Waals surface area contributed by atoms with E-state index >= 15 is 0 Å². The number of imidazole rings is 1. The van der Waals surface area contributed by atoms with Gasteiger partial charge in [0.1, 0.15) is 24.7 Å². The van der Waals surface area contributed by atoms with E-state index in [-0.39, 0.29) is 19.1 Å². The topological polar surface area (TPSA) is 81.5 Å². The van der Waals surface area contributed by atoms with Crippen LogP contribution in [0.5, 0.6) is 5.75 Å². The fourth-order valence-electron chi connectivity index (χ4n) is 3.93. The fraction of sp³-hybridized carbons (Fsp3) is 0.240. The number of para-hydroxylation sites is 3. The fourth-order valence-corrected chi connectivity index (χ4v) is 3.93. The van der Waals surface area contributed by atoms with Gasteiger partial charge >= 0.3 is 0 Å². The van der Waals surface area contributed by atoms with Crippen molar-refractivity contribution < 1.29 is 14.3 Å². The summed E-state index contributed by atoms with van der Waals surface area (Å²) in [6.07, 6.45) is 1.74. The highest BCUT2D eigenvalue weighted by Crippen LogP contribution is 2.24. The summed E-state index contributed by atoms with van der Waals surface area (Å²) >= 11 is 0. The quantitative estimate of drug-likeness (QED) is 0.471. The number of carbonyl (C=O) groups excluding carboxylic acids is 1. The first-order valence-corrected chi connectivity index (χ1v) is 11.0. The molecule has 0 aliphatic carbocycles. The number of hydrogen-bond acceptors (Lipinski definition) is 6. The molecule has 1 N–H and O–H groups in total. The number of morpholine rings is 1. The zero-order valence-electron chi connectivity index (χ0n) is 18.2. The van der Waals surface area contributed by atoms with Gasteiger partial charge in [-0.05, 0) is 36.4 Å². The number of aromatic nitrogens is 3. The van der Waals surface area contributed by atoms with E-state index < -0.39 is 0 Å². The number of hydrogen-bond donors (Lipinski definition) is 1. The molecule has 5 rings (SSSR count). The van der Waals surface area contributed by atoms with E-state index in [0.717, 1.165) is 35.7 Å². The maximum atomic E-state index is 13.1. The van der Waals surface area contributed by atoms with Crippen molar-refractivity contribution in [2.45, 2.75) is 13.2 Å². The maximum absolute atomic E-state index is 13.1. The highest BCUT2D eigenvalue weighted by molar-refractivity contribution is 5.94. The van der Waals surface area contributed by atoms with E-state index in [4.69, 9.17) is 14.5 Å². The molecule has 0 bridgehead atoms. The Labute approximate surface area is 191 Å². The van der Waals surface area contributed by atoms with Gasteiger partial charge in [-0.15, -0.1) is 0 Å². The summed E-state index contributed by atoms with van der Waals surface area (Å²) in [6.45, 7) is 3.16. The van der Waals surface area contributed by atoms with Gasteiger partial charge < -0.3 is 24.3 Å². The second kappa shape index (κ2) is 9.70. The average molecular weight is 444 g/mol. The summed E-state index contributed by atoms with van der Waals surface area (Å²) in [6, 6.07) is 21.1. The third-order valence-electron chi connectivity index (χ3n) is 5.52. The predicted octanol–water partition coefficient (Wildman–Crippen LogP) is 3.49. The molecule has 1 aliphatic rings. The molecule has 0 spiro atoms. The third kappa shape index (κ3) is 4.80. The molecule has 1 aliphatic heterocycles. The molecule has 168 valence electrons. The van der Waals surface area contributed by atoms with Crippen LogP contribution in [0.2, 0.25) is 0 Å². The molecule has 0 saturated carbocycles. The first-order valence-electron chi connectivity index (χ1n) is 11.0. The number of benzene rings is 2. The standard InChI is InChI=1S/C25H25N5O3/c31-24(28-21-10-6-12-26-25(21)29-13-15-32-16-14-29)17-30-22-11-5-4-9-20(22)27-23(30)18-33-19-7-2-1-3-8-19/h1-12H,13-18H2,(H,28,31). The number of carbonyl (C=O) groups is 1. The smallest absolute Gasteiger partial charge is 0.244 e. The van der Waals surface area contributed by atoms with E-state index in [0.29, 0.717) is 24.7 Å². The van der Waals surface area contributed by atoms with Crippen LogP contribution in [-0.4, -0.2) is 46.7 Å². The van der Waals surface area contributed by atoms with E-state index in [1.807, 2.05) is 71.3 Å². The van der Waals surface area contributed by atoms with Crippen LogP contribution in [0.1, 0.15) is 5.82 Å². The van der Waals surface area contributed by atoms with Crippen LogP contribution >= 0.6 is 0 Å². The molecule has 33 heavy (non-hydrogen) atoms. The van der Waals surface area contributed by atoms with Crippen molar-refractivity contribution in [2.75, 3.05) is 36.5 Å². The SMILES string of the molecule is O=C(Cn1c(COc2ccccc2)nc2ccccc21)Nc1cccnc1N1CCOCC1. The van der Waals surface area contributed by atoms with Crippen LogP contribution in [0, 0.1) is 0 Å². The molecule has 1 saturated heterocycles. The number of pyridine rings is 1. The molecular formula is C25H25N5O3. The van der Waals surface area contributed by atoms with Crippen molar-refractivity contribution in [2.24, 2.45) is 0 Å². The number of nitrogens with zero attached hydrogens (tertiary/aromatic N) is 4. The van der Waals surface area contributed by atoms with Crippen LogP contribution in [0.4, 0.5) is 11.5 Å². The van der Waals surface area contributed by atoms with Crippen LogP contribution in [0.15, 0.2) is 72.9 Å². The summed E-state index contributed by atoms with van der Waals surface area (Å²) in [5.74, 6) is 2.06. The molecule has 8 nitrogen and oxygen atoms in total. The molecule has 1 amide bonds. The van der Waals surface area contributed by atoms with Gasteiger partial charge in [-0.1, -0.05) is 30.3 Å². The lowest BCUT2D eigenvalue weighted by Gasteiger charge is -2.29. The molecular weight excluding hydrogens is 418 g/mol. The van der Waals surface area contributed by atoms with Gasteiger partial charge in [0.15, 0.2) is 5.82 Å². The van der Waals surface area contributed by atoms with Crippen LogP contribution in [-0.2, 0) is 22.7 Å². The summed E-state index contributed by atoms with van der Waals surface area (Å²) in [5.41, 5.74) is 2.40. The number of amides is 1. The van der Waals surface area contributed by atoms with Crippen LogP contribution < -0.4 is 15.0 Å². The molecule has 1 fully saturated rings. The van der Waals surface area contributed by atoms with Crippen molar-refractivity contribution >= 4 is 28.4 Å². The number of ether oxygens (including phenoxy) is 2. The van der Waals surface area contributed by atoms with Crippen molar-refractivity contribution in [1.29, 1.82) is 0 Å². The Bertz CT molecular complexity index is 1240. The Hall–Kier alpha value is -3.91. The zero-order valence-corrected chi connectivity index (χ0v) is 18.2. The Balaban J connectivity index is 1.36. The van der Waals surface area contributed by atoms with Crippen molar-refractivity contribution in [3.8, 4) is 5.75 Å². The summed E-state index contributed by atoms with van der Waals surface area (Å²) in [5, 5.41) is 3.04. The highest BCUT2D eigenvalue weighted by Gasteiger charge is 2.19. The maximum Gasteiger partial charge on any atom is 0.244 e. The normalized spacial score (nSPS) is 13.8. The van der Waals surface area contributed by atoms with Crippen molar-refractivity contribution in [1.82, 2.24) is 14.5 Å². The highest BCUT2D eigenvalue weighted by atomic mass is 16.5. The first kappa shape index (κ1) is 21.0. The Morgan fingerprint density at radius 3 is 2.64 bits per heavy atom. The molecule has 2 aromatic carbocycles.